The van der Waals surface area contributed by atoms with Crippen molar-refractivity contribution >= 4 is 51.2 Å². The van der Waals surface area contributed by atoms with E-state index < -0.39 is 18.0 Å². The van der Waals surface area contributed by atoms with Gasteiger partial charge in [0.2, 0.25) is 0 Å². The van der Waals surface area contributed by atoms with E-state index in [0.29, 0.717) is 18.5 Å². The third-order valence-electron chi connectivity index (χ3n) is 5.46. The molecule has 0 aliphatic carbocycles. The lowest BCUT2D eigenvalue weighted by Gasteiger charge is -2.31. The van der Waals surface area contributed by atoms with Gasteiger partial charge in [-0.2, -0.15) is 10.3 Å². The molecule has 1 aliphatic heterocycles. The Morgan fingerprint density at radius 3 is 2.59 bits per heavy atom. The van der Waals surface area contributed by atoms with Gasteiger partial charge in [-0.25, -0.2) is 24.4 Å². The largest absolute Gasteiger partial charge is 0.481 e. The number of primary amides is 1. The number of thiazole rings is 1. The van der Waals surface area contributed by atoms with Crippen molar-refractivity contribution in [1.82, 2.24) is 14.8 Å². The molecular weight excluding hydrogens is 454 g/mol. The van der Waals surface area contributed by atoms with E-state index in [9.17, 15) is 14.4 Å². The number of hydrogen-bond acceptors (Lipinski definition) is 6. The van der Waals surface area contributed by atoms with Gasteiger partial charge < -0.3 is 5.11 Å². The van der Waals surface area contributed by atoms with E-state index in [1.807, 2.05) is 56.3 Å². The second-order valence-electron chi connectivity index (χ2n) is 8.19. The molecule has 0 bridgehead atoms. The molecule has 1 fully saturated rings. The molecule has 2 heterocycles. The van der Waals surface area contributed by atoms with Crippen molar-refractivity contribution in [3.8, 4) is 0 Å². The molecule has 1 aromatic heterocycles. The van der Waals surface area contributed by atoms with Crippen molar-refractivity contribution in [3.05, 3.63) is 58.6 Å². The number of amides is 4. The lowest BCUT2D eigenvalue weighted by Crippen LogP contribution is -3.00. The van der Waals surface area contributed by atoms with Gasteiger partial charge >= 0.3 is 24.0 Å². The van der Waals surface area contributed by atoms with E-state index in [4.69, 9.17) is 5.11 Å². The van der Waals surface area contributed by atoms with Crippen molar-refractivity contribution in [3.63, 3.8) is 0 Å². The molecule has 0 unspecified atom stereocenters. The summed E-state index contributed by atoms with van der Waals surface area (Å²) in [5.74, 6) is -0.621. The van der Waals surface area contributed by atoms with Crippen molar-refractivity contribution < 1.29 is 24.8 Å². The zero-order valence-corrected chi connectivity index (χ0v) is 19.8. The topological polar surface area (TPSA) is 120 Å². The number of aliphatic carboxylic acids is 1. The molecule has 4 rings (SSSR count). The molecule has 0 saturated carbocycles. The van der Waals surface area contributed by atoms with Crippen LogP contribution in [0.15, 0.2) is 47.5 Å². The summed E-state index contributed by atoms with van der Waals surface area (Å²) >= 11 is 1.56. The zero-order chi connectivity index (χ0) is 24.2. The summed E-state index contributed by atoms with van der Waals surface area (Å²) in [5.41, 5.74) is 3.54. The highest BCUT2D eigenvalue weighted by molar-refractivity contribution is 7.18. The van der Waals surface area contributed by atoms with Crippen LogP contribution in [0.1, 0.15) is 35.4 Å². The molecular formula is C24H26N5O4S+. The van der Waals surface area contributed by atoms with E-state index in [1.54, 1.807) is 11.3 Å². The highest BCUT2D eigenvalue weighted by Crippen LogP contribution is 2.26. The smallest absolute Gasteiger partial charge is 0.431 e. The quantitative estimate of drug-likeness (QED) is 0.476. The number of nitrogens with zero attached hydrogens (tertiary/aromatic N) is 4. The fraction of sp³-hybridized carbons (Fsp3) is 0.292. The molecule has 1 aliphatic rings. The Morgan fingerprint density at radius 2 is 1.85 bits per heavy atom. The summed E-state index contributed by atoms with van der Waals surface area (Å²) < 4.78 is 0.984. The Kier molecular flexibility index (Phi) is 6.99. The lowest BCUT2D eigenvalue weighted by molar-refractivity contribution is -0.453. The average Bonchev–Trinajstić information content (AvgIpc) is 3.16. The van der Waals surface area contributed by atoms with Gasteiger partial charge in [0.05, 0.1) is 27.5 Å². The number of carboxylic acid groups (broad SMARTS) is 1. The van der Waals surface area contributed by atoms with E-state index >= 15 is 0 Å². The number of quaternary nitrogens is 1. The number of aromatic nitrogens is 1. The molecule has 0 spiro atoms. The van der Waals surface area contributed by atoms with Crippen LogP contribution in [0.4, 0.5) is 15.3 Å². The van der Waals surface area contributed by atoms with Crippen molar-refractivity contribution in [1.29, 1.82) is 0 Å². The summed E-state index contributed by atoms with van der Waals surface area (Å²) in [6.07, 6.45) is 0.808. The maximum absolute atomic E-state index is 13.4. The Labute approximate surface area is 200 Å². The van der Waals surface area contributed by atoms with Crippen LogP contribution in [0, 0.1) is 13.8 Å². The minimum absolute atomic E-state index is 0.000741. The molecule has 34 heavy (non-hydrogen) atoms. The monoisotopic (exact) mass is 480 g/mol. The highest BCUT2D eigenvalue weighted by atomic mass is 32.1. The maximum atomic E-state index is 13.4. The summed E-state index contributed by atoms with van der Waals surface area (Å²) in [5, 5.41) is 11.2. The summed E-state index contributed by atoms with van der Waals surface area (Å²) in [7, 11) is 0. The zero-order valence-electron chi connectivity index (χ0n) is 19.0. The van der Waals surface area contributed by atoms with Gasteiger partial charge in [0.15, 0.2) is 0 Å². The third-order valence-corrected chi connectivity index (χ3v) is 6.40. The number of guanidine groups is 1. The van der Waals surface area contributed by atoms with Crippen LogP contribution in [-0.2, 0) is 11.3 Å². The van der Waals surface area contributed by atoms with Gasteiger partial charge in [0, 0.05) is 13.0 Å². The minimum atomic E-state index is -0.897. The summed E-state index contributed by atoms with van der Waals surface area (Å²) in [6.45, 7) is 4.35. The molecule has 176 valence electrons. The van der Waals surface area contributed by atoms with Crippen LogP contribution in [0.25, 0.3) is 10.2 Å². The van der Waals surface area contributed by atoms with Gasteiger partial charge in [0.1, 0.15) is 0 Å². The number of carbonyl (C=O) groups is 3. The predicted molar refractivity (Wildman–Crippen MR) is 129 cm³/mol. The van der Waals surface area contributed by atoms with Gasteiger partial charge in [-0.15, -0.1) is 11.3 Å². The normalized spacial score (nSPS) is 15.5. The van der Waals surface area contributed by atoms with E-state index in [2.05, 4.69) is 9.98 Å². The first-order valence-corrected chi connectivity index (χ1v) is 11.8. The third kappa shape index (κ3) is 5.46. The number of imide groups is 1. The van der Waals surface area contributed by atoms with E-state index in [0.717, 1.165) is 31.3 Å². The number of aryl methyl sites for hydroxylation is 2. The molecule has 0 radical (unpaired) electrons. The Morgan fingerprint density at radius 1 is 1.09 bits per heavy atom. The number of carbonyl (C=O) groups excluding carboxylic acids is 2. The molecule has 3 N–H and O–H groups in total. The van der Waals surface area contributed by atoms with E-state index in [1.165, 1.54) is 10.2 Å². The number of fused-ring (bicyclic) bond motifs is 1. The Hall–Kier alpha value is -3.63. The Balaban J connectivity index is 1.62. The molecule has 1 saturated heterocycles. The SMILES string of the molecule is Cc1ccc(CN2C(=O)N(CCCCC(=O)O)C(=O)[NH2+]C2=Nc2ccc3nc(C)sc3c2)cc1. The van der Waals surface area contributed by atoms with Crippen molar-refractivity contribution in [2.24, 2.45) is 4.99 Å². The van der Waals surface area contributed by atoms with Gasteiger partial charge in [-0.3, -0.25) is 4.79 Å². The van der Waals surface area contributed by atoms with Gasteiger partial charge in [-0.1, -0.05) is 29.8 Å². The molecule has 10 heteroatoms. The fourth-order valence-electron chi connectivity index (χ4n) is 3.70. The maximum Gasteiger partial charge on any atom is 0.431 e. The average molecular weight is 481 g/mol. The van der Waals surface area contributed by atoms with Crippen LogP contribution < -0.4 is 5.32 Å². The highest BCUT2D eigenvalue weighted by Gasteiger charge is 2.40. The molecule has 3 aromatic rings. The second kappa shape index (κ2) is 10.1. The molecule has 2 aromatic carbocycles. The molecule has 0 atom stereocenters. The first-order chi connectivity index (χ1) is 16.3. The standard InChI is InChI=1S/C24H25N5O4S/c1-15-6-8-17(9-7-15)14-29-22(26-18-10-11-19-20(13-18)34-16(2)25-19)27-23(32)28(24(29)33)12-4-3-5-21(30)31/h6-11,13H,3-5,12,14H2,1-2H3,(H,30,31)(H,26,27,32)/p+1. The van der Waals surface area contributed by atoms with E-state index in [-0.39, 0.29) is 25.5 Å². The second-order valence-corrected chi connectivity index (χ2v) is 9.43. The van der Waals surface area contributed by atoms with Crippen molar-refractivity contribution in [2.45, 2.75) is 39.7 Å². The minimum Gasteiger partial charge on any atom is -0.481 e. The number of urea groups is 2. The Bertz CT molecular complexity index is 1270. The van der Waals surface area contributed by atoms with Crippen molar-refractivity contribution in [2.75, 3.05) is 6.54 Å². The number of aliphatic imine (C=N–C) groups is 1. The first-order valence-electron chi connectivity index (χ1n) is 11.0. The number of benzene rings is 2. The number of unbranched alkanes of at least 4 members (excludes halogenated alkanes) is 1. The van der Waals surface area contributed by atoms with Gasteiger partial charge in [0.25, 0.3) is 0 Å². The summed E-state index contributed by atoms with van der Waals surface area (Å²) in [6, 6.07) is 12.5. The van der Waals surface area contributed by atoms with Crippen LogP contribution in [0.2, 0.25) is 0 Å². The predicted octanol–water partition coefficient (Wildman–Crippen LogP) is 3.78. The van der Waals surface area contributed by atoms with Crippen LogP contribution >= 0.6 is 11.3 Å². The van der Waals surface area contributed by atoms with Gasteiger partial charge in [-0.05, 0) is 50.5 Å². The molecule has 4 amide bonds. The number of nitrogens with two attached hydrogens (primary N) is 1. The number of carboxylic acids is 1. The number of hydrogen-bond donors (Lipinski definition) is 2. The van der Waals surface area contributed by atoms with Crippen LogP contribution in [0.3, 0.4) is 0 Å². The lowest BCUT2D eigenvalue weighted by atomic mass is 10.1. The van der Waals surface area contributed by atoms with Crippen LogP contribution in [0.5, 0.6) is 0 Å². The van der Waals surface area contributed by atoms with Crippen LogP contribution in [-0.4, -0.2) is 50.4 Å². The molecule has 9 nitrogen and oxygen atoms in total. The fourth-order valence-corrected chi connectivity index (χ4v) is 4.56. The number of rotatable bonds is 8. The summed E-state index contributed by atoms with van der Waals surface area (Å²) in [4.78, 5) is 48.7. The first kappa shape index (κ1) is 23.5.